The minimum atomic E-state index is -1.80. The minimum absolute atomic E-state index is 0. The van der Waals surface area contributed by atoms with Gasteiger partial charge in [-0.2, -0.15) is 10.4 Å². The van der Waals surface area contributed by atoms with Crippen molar-refractivity contribution in [1.29, 1.82) is 0 Å². The van der Waals surface area contributed by atoms with Crippen molar-refractivity contribution in [2.75, 3.05) is 10.6 Å². The zero-order valence-corrected chi connectivity index (χ0v) is 22.8. The van der Waals surface area contributed by atoms with Gasteiger partial charge in [0.2, 0.25) is 11.6 Å². The maximum atomic E-state index is 10.9. The summed E-state index contributed by atoms with van der Waals surface area (Å²) in [6, 6.07) is 12.7. The summed E-state index contributed by atoms with van der Waals surface area (Å²) in [5.41, 5.74) is 1.80. The predicted molar refractivity (Wildman–Crippen MR) is 107 cm³/mol. The predicted octanol–water partition coefficient (Wildman–Crippen LogP) is -8.88. The molecule has 36 heavy (non-hydrogen) atoms. The van der Waals surface area contributed by atoms with Crippen LogP contribution < -0.4 is 80.0 Å². The van der Waals surface area contributed by atoms with E-state index in [1.165, 1.54) is 24.3 Å². The summed E-state index contributed by atoms with van der Waals surface area (Å²) in [5.74, 6) is -5.33. The van der Waals surface area contributed by atoms with Crippen molar-refractivity contribution < 1.29 is 88.5 Å². The van der Waals surface area contributed by atoms with Gasteiger partial charge < -0.3 is 30.4 Å². The average Bonchev–Trinajstić information content (AvgIpc) is 3.54. The summed E-state index contributed by atoms with van der Waals surface area (Å²) in [6.07, 6.45) is 0. The van der Waals surface area contributed by atoms with Crippen LogP contribution in [-0.4, -0.2) is 65.0 Å². The van der Waals surface area contributed by atoms with Crippen molar-refractivity contribution >= 4 is 35.1 Å². The Balaban J connectivity index is 0.000000341. The summed E-state index contributed by atoms with van der Waals surface area (Å²) in [6.45, 7) is 0. The number of carboxylic acid groups (broad SMARTS) is 2. The number of aromatic nitrogens is 8. The van der Waals surface area contributed by atoms with Crippen molar-refractivity contribution in [1.82, 2.24) is 41.2 Å². The first kappa shape index (κ1) is 30.5. The SMILES string of the molecule is O=C([O-])C(=O)Nc1cccc(-c2nn[nH]n2)c1.O=C([O-])C(=O)Nc1cccc(-c2nn[nH]n2)c1.[Na+].[Na+]. The van der Waals surface area contributed by atoms with Gasteiger partial charge in [-0.15, -0.1) is 20.4 Å². The molecule has 0 bridgehead atoms. The number of amides is 2. The van der Waals surface area contributed by atoms with Gasteiger partial charge in [-0.25, -0.2) is 0 Å². The molecule has 0 atom stereocenters. The topological polar surface area (TPSA) is 247 Å². The van der Waals surface area contributed by atoms with Gasteiger partial charge in [-0.1, -0.05) is 24.3 Å². The van der Waals surface area contributed by atoms with E-state index in [0.717, 1.165) is 0 Å². The second-order valence-corrected chi connectivity index (χ2v) is 6.12. The molecule has 172 valence electrons. The number of nitrogens with zero attached hydrogens (tertiary/aromatic N) is 6. The number of aliphatic carboxylic acids is 2. The van der Waals surface area contributed by atoms with Gasteiger partial charge in [0.1, 0.15) is 11.9 Å². The molecular formula is C18H12N10Na2O6. The molecule has 4 N–H and O–H groups in total. The molecule has 0 spiro atoms. The van der Waals surface area contributed by atoms with Crippen LogP contribution in [0.15, 0.2) is 48.5 Å². The summed E-state index contributed by atoms with van der Waals surface area (Å²) < 4.78 is 0. The molecule has 4 aromatic rings. The van der Waals surface area contributed by atoms with Crippen LogP contribution in [0.1, 0.15) is 0 Å². The van der Waals surface area contributed by atoms with Gasteiger partial charge in [0.25, 0.3) is 11.8 Å². The molecule has 2 aromatic heterocycles. The van der Waals surface area contributed by atoms with E-state index < -0.39 is 23.8 Å². The molecule has 2 amide bonds. The van der Waals surface area contributed by atoms with Crippen molar-refractivity contribution in [2.45, 2.75) is 0 Å². The van der Waals surface area contributed by atoms with Crippen LogP contribution in [0, 0.1) is 0 Å². The number of anilines is 2. The maximum Gasteiger partial charge on any atom is 1.00 e. The Labute approximate surface area is 245 Å². The maximum absolute atomic E-state index is 10.9. The van der Waals surface area contributed by atoms with Crippen LogP contribution in [0.4, 0.5) is 11.4 Å². The number of hydrogen-bond acceptors (Lipinski definition) is 12. The van der Waals surface area contributed by atoms with Crippen LogP contribution in [0.25, 0.3) is 22.8 Å². The zero-order chi connectivity index (χ0) is 24.5. The summed E-state index contributed by atoms with van der Waals surface area (Å²) >= 11 is 0. The quantitative estimate of drug-likeness (QED) is 0.148. The first-order valence-electron chi connectivity index (χ1n) is 9.06. The fourth-order valence-electron chi connectivity index (χ4n) is 2.40. The number of H-pyrrole nitrogens is 2. The second kappa shape index (κ2) is 14.8. The minimum Gasteiger partial charge on any atom is -0.540 e. The fourth-order valence-corrected chi connectivity index (χ4v) is 2.40. The van der Waals surface area contributed by atoms with Crippen molar-refractivity contribution in [3.8, 4) is 22.8 Å². The summed E-state index contributed by atoms with van der Waals surface area (Å²) in [7, 11) is 0. The Morgan fingerprint density at radius 1 is 0.667 bits per heavy atom. The van der Waals surface area contributed by atoms with Crippen LogP contribution in [0.3, 0.4) is 0 Å². The Morgan fingerprint density at radius 2 is 1.06 bits per heavy atom. The average molecular weight is 510 g/mol. The molecule has 0 unspecified atom stereocenters. The van der Waals surface area contributed by atoms with E-state index in [1.54, 1.807) is 24.3 Å². The Bertz CT molecular complexity index is 1220. The molecule has 18 heteroatoms. The van der Waals surface area contributed by atoms with Crippen LogP contribution in [0.2, 0.25) is 0 Å². The Morgan fingerprint density at radius 3 is 1.36 bits per heavy atom. The molecule has 16 nitrogen and oxygen atoms in total. The summed E-state index contributed by atoms with van der Waals surface area (Å²) in [5, 5.41) is 51.2. The molecule has 4 rings (SSSR count). The number of nitrogens with one attached hydrogen (secondary N) is 4. The normalized spacial score (nSPS) is 9.33. The Hall–Kier alpha value is -3.54. The van der Waals surface area contributed by atoms with Crippen LogP contribution in [-0.2, 0) is 19.2 Å². The van der Waals surface area contributed by atoms with Crippen LogP contribution >= 0.6 is 0 Å². The standard InChI is InChI=1S/2C9H7N5O3.2Na/c2*15-8(9(16)17)10-6-3-1-2-5(4-6)7-11-13-14-12-7;;/h2*1-4H,(H,10,15)(H,16,17)(H,11,12,13,14);;/q;;2*+1/p-2. The number of carbonyl (C=O) groups excluding carboxylic acids is 4. The molecule has 0 fully saturated rings. The third kappa shape index (κ3) is 8.91. The Kier molecular flexibility index (Phi) is 12.5. The molecule has 0 aliphatic carbocycles. The third-order valence-corrected chi connectivity index (χ3v) is 3.82. The molecule has 0 saturated heterocycles. The molecule has 2 aromatic carbocycles. The van der Waals surface area contributed by atoms with E-state index in [4.69, 9.17) is 0 Å². The number of tetrazole rings is 2. The summed E-state index contributed by atoms with van der Waals surface area (Å²) in [4.78, 5) is 42.3. The smallest absolute Gasteiger partial charge is 0.540 e. The molecule has 2 heterocycles. The van der Waals surface area contributed by atoms with E-state index >= 15 is 0 Å². The number of carboxylic acids is 2. The second-order valence-electron chi connectivity index (χ2n) is 6.12. The van der Waals surface area contributed by atoms with Crippen LogP contribution in [0.5, 0.6) is 0 Å². The molecule has 0 radical (unpaired) electrons. The number of rotatable bonds is 4. The fraction of sp³-hybridized carbons (Fsp3) is 0. The monoisotopic (exact) mass is 510 g/mol. The van der Waals surface area contributed by atoms with Gasteiger partial charge in [0, 0.05) is 22.5 Å². The number of benzene rings is 2. The van der Waals surface area contributed by atoms with Gasteiger partial charge in [-0.05, 0) is 34.7 Å². The third-order valence-electron chi connectivity index (χ3n) is 3.82. The van der Waals surface area contributed by atoms with Gasteiger partial charge in [0.05, 0.1) is 0 Å². The van der Waals surface area contributed by atoms with Gasteiger partial charge in [0.15, 0.2) is 0 Å². The largest absolute Gasteiger partial charge is 1.00 e. The molecule has 0 aliphatic rings. The zero-order valence-electron chi connectivity index (χ0n) is 18.8. The first-order chi connectivity index (χ1) is 16.3. The van der Waals surface area contributed by atoms with E-state index in [1.807, 2.05) is 0 Å². The first-order valence-corrected chi connectivity index (χ1v) is 9.06. The van der Waals surface area contributed by atoms with E-state index in [9.17, 15) is 29.4 Å². The molecule has 0 aliphatic heterocycles. The van der Waals surface area contributed by atoms with Gasteiger partial charge in [-0.3, -0.25) is 9.59 Å². The number of aromatic amines is 2. The van der Waals surface area contributed by atoms with Crippen molar-refractivity contribution in [2.24, 2.45) is 0 Å². The van der Waals surface area contributed by atoms with Crippen molar-refractivity contribution in [3.63, 3.8) is 0 Å². The van der Waals surface area contributed by atoms with Gasteiger partial charge >= 0.3 is 59.1 Å². The van der Waals surface area contributed by atoms with E-state index in [0.29, 0.717) is 34.2 Å². The number of carbonyl (C=O) groups is 4. The van der Waals surface area contributed by atoms with E-state index in [-0.39, 0.29) is 59.1 Å². The van der Waals surface area contributed by atoms with Crippen molar-refractivity contribution in [3.05, 3.63) is 48.5 Å². The molecular weight excluding hydrogens is 498 g/mol. The number of hydrogen-bond donors (Lipinski definition) is 4. The molecule has 0 saturated carbocycles. The van der Waals surface area contributed by atoms with E-state index in [2.05, 4.69) is 51.9 Å².